The average Bonchev–Trinajstić information content (AvgIpc) is 2.48. The van der Waals surface area contributed by atoms with Gasteiger partial charge in [-0.25, -0.2) is 12.8 Å². The minimum absolute atomic E-state index is 0.0932. The van der Waals surface area contributed by atoms with Crippen LogP contribution in [0.3, 0.4) is 0 Å². The van der Waals surface area contributed by atoms with Gasteiger partial charge in [-0.2, -0.15) is 0 Å². The summed E-state index contributed by atoms with van der Waals surface area (Å²) < 4.78 is 37.7. The highest BCUT2D eigenvalue weighted by Crippen LogP contribution is 2.29. The molecule has 0 bridgehead atoms. The van der Waals surface area contributed by atoms with Crippen molar-refractivity contribution in [2.75, 3.05) is 6.61 Å². The molecule has 2 N–H and O–H groups in total. The Bertz CT molecular complexity index is 592. The van der Waals surface area contributed by atoms with Crippen molar-refractivity contribution >= 4 is 15.7 Å². The van der Waals surface area contributed by atoms with Crippen LogP contribution in [0.4, 0.5) is 4.39 Å². The van der Waals surface area contributed by atoms with Gasteiger partial charge in [-0.15, -0.1) is 0 Å². The van der Waals surface area contributed by atoms with E-state index in [0.29, 0.717) is 25.7 Å². The molecule has 1 amide bonds. The number of aliphatic hydroxyl groups is 1. The second kappa shape index (κ2) is 6.53. The number of halogens is 1. The van der Waals surface area contributed by atoms with Gasteiger partial charge in [0.1, 0.15) is 12.4 Å². The molecule has 0 heterocycles. The van der Waals surface area contributed by atoms with Gasteiger partial charge in [-0.05, 0) is 49.9 Å². The summed E-state index contributed by atoms with van der Waals surface area (Å²) in [6, 6.07) is 4.75. The smallest absolute Gasteiger partial charge is 0.245 e. The van der Waals surface area contributed by atoms with Crippen LogP contribution >= 0.6 is 0 Å². The van der Waals surface area contributed by atoms with Crippen LogP contribution in [0.1, 0.15) is 25.7 Å². The minimum atomic E-state index is -3.47. The van der Waals surface area contributed by atoms with E-state index in [2.05, 4.69) is 5.32 Å². The molecule has 5 nitrogen and oxygen atoms in total. The zero-order valence-electron chi connectivity index (χ0n) is 11.5. The van der Waals surface area contributed by atoms with E-state index in [1.54, 1.807) is 0 Å². The van der Waals surface area contributed by atoms with E-state index in [-0.39, 0.29) is 10.9 Å². The molecule has 0 radical (unpaired) electrons. The predicted molar refractivity (Wildman–Crippen MR) is 74.9 cm³/mol. The Kier molecular flexibility index (Phi) is 4.95. The Hall–Kier alpha value is -1.47. The van der Waals surface area contributed by atoms with Gasteiger partial charge in [0.05, 0.1) is 10.1 Å². The predicted octanol–water partition coefficient (Wildman–Crippen LogP) is 1.02. The molecule has 1 aliphatic rings. The first-order valence-electron chi connectivity index (χ1n) is 6.83. The summed E-state index contributed by atoms with van der Waals surface area (Å²) in [4.78, 5) is 11.2. The maximum atomic E-state index is 12.9. The second-order valence-electron chi connectivity index (χ2n) is 5.20. The average molecular weight is 315 g/mol. The Labute approximate surface area is 123 Å². The molecule has 0 spiro atoms. The number of aliphatic hydroxyl groups excluding tert-OH is 1. The quantitative estimate of drug-likeness (QED) is 0.813. The fourth-order valence-electron chi connectivity index (χ4n) is 2.61. The van der Waals surface area contributed by atoms with E-state index in [1.807, 2.05) is 0 Å². The third-order valence-corrected chi connectivity index (χ3v) is 6.04. The third-order valence-electron chi connectivity index (χ3n) is 3.76. The summed E-state index contributed by atoms with van der Waals surface area (Å²) >= 11 is 0. The van der Waals surface area contributed by atoms with Crippen molar-refractivity contribution in [2.24, 2.45) is 0 Å². The largest absolute Gasteiger partial charge is 0.387 e. The maximum absolute atomic E-state index is 12.9. The summed E-state index contributed by atoms with van der Waals surface area (Å²) in [7, 11) is -3.47. The van der Waals surface area contributed by atoms with Gasteiger partial charge >= 0.3 is 0 Å². The van der Waals surface area contributed by atoms with Crippen molar-refractivity contribution in [1.82, 2.24) is 5.32 Å². The summed E-state index contributed by atoms with van der Waals surface area (Å²) in [5, 5.41) is 10.8. The molecule has 1 aromatic rings. The number of amides is 1. The molecule has 116 valence electrons. The van der Waals surface area contributed by atoms with Crippen molar-refractivity contribution < 1.29 is 22.7 Å². The highest BCUT2D eigenvalue weighted by molar-refractivity contribution is 7.92. The fourth-order valence-corrected chi connectivity index (χ4v) is 4.40. The Balaban J connectivity index is 2.01. The zero-order valence-corrected chi connectivity index (χ0v) is 12.3. The molecule has 0 aliphatic heterocycles. The molecule has 2 rings (SSSR count). The lowest BCUT2D eigenvalue weighted by Crippen LogP contribution is -2.41. The molecular weight excluding hydrogens is 297 g/mol. The number of carbonyl (C=O) groups excluding carboxylic acids is 1. The van der Waals surface area contributed by atoms with E-state index >= 15 is 0 Å². The fraction of sp³-hybridized carbons (Fsp3) is 0.500. The van der Waals surface area contributed by atoms with Gasteiger partial charge < -0.3 is 10.4 Å². The standard InChI is InChI=1S/C14H18FNO4S/c15-10-1-5-12(6-2-10)21(19,20)13-7-3-11(4-8-13)16-14(18)9-17/h1-2,5-6,11,13,17H,3-4,7-9H2,(H,16,18). The van der Waals surface area contributed by atoms with Gasteiger partial charge in [-0.3, -0.25) is 4.79 Å². The van der Waals surface area contributed by atoms with Gasteiger partial charge in [0, 0.05) is 6.04 Å². The summed E-state index contributed by atoms with van der Waals surface area (Å²) in [5.41, 5.74) is 0. The lowest BCUT2D eigenvalue weighted by molar-refractivity contribution is -0.124. The minimum Gasteiger partial charge on any atom is -0.387 e. The van der Waals surface area contributed by atoms with Crippen molar-refractivity contribution in [3.8, 4) is 0 Å². The first kappa shape index (κ1) is 15.9. The van der Waals surface area contributed by atoms with E-state index in [1.165, 1.54) is 12.1 Å². The summed E-state index contributed by atoms with van der Waals surface area (Å²) in [6.45, 7) is -0.562. The molecule has 0 unspecified atom stereocenters. The van der Waals surface area contributed by atoms with Crippen molar-refractivity contribution in [2.45, 2.75) is 41.9 Å². The van der Waals surface area contributed by atoms with E-state index in [9.17, 15) is 17.6 Å². The Morgan fingerprint density at radius 1 is 1.19 bits per heavy atom. The van der Waals surface area contributed by atoms with Crippen LogP contribution in [0, 0.1) is 5.82 Å². The van der Waals surface area contributed by atoms with Gasteiger partial charge in [0.15, 0.2) is 9.84 Å². The number of hydrogen-bond acceptors (Lipinski definition) is 4. The van der Waals surface area contributed by atoms with E-state index in [0.717, 1.165) is 12.1 Å². The SMILES string of the molecule is O=C(CO)NC1CCC(S(=O)(=O)c2ccc(F)cc2)CC1. The van der Waals surface area contributed by atoms with Crippen molar-refractivity contribution in [3.63, 3.8) is 0 Å². The van der Waals surface area contributed by atoms with E-state index < -0.39 is 33.4 Å². The molecule has 0 saturated heterocycles. The maximum Gasteiger partial charge on any atom is 0.245 e. The molecule has 0 aromatic heterocycles. The third kappa shape index (κ3) is 3.79. The Morgan fingerprint density at radius 2 is 1.76 bits per heavy atom. The number of benzene rings is 1. The monoisotopic (exact) mass is 315 g/mol. The van der Waals surface area contributed by atoms with Crippen LogP contribution < -0.4 is 5.32 Å². The lowest BCUT2D eigenvalue weighted by Gasteiger charge is -2.28. The molecule has 7 heteroatoms. The van der Waals surface area contributed by atoms with E-state index in [4.69, 9.17) is 5.11 Å². The molecular formula is C14H18FNO4S. The van der Waals surface area contributed by atoms with Crippen molar-refractivity contribution in [1.29, 1.82) is 0 Å². The van der Waals surface area contributed by atoms with Crippen LogP contribution in [0.5, 0.6) is 0 Å². The van der Waals surface area contributed by atoms with Crippen LogP contribution in [0.15, 0.2) is 29.2 Å². The van der Waals surface area contributed by atoms with Crippen LogP contribution in [0.25, 0.3) is 0 Å². The topological polar surface area (TPSA) is 83.5 Å². The molecule has 0 atom stereocenters. The first-order chi connectivity index (χ1) is 9.93. The molecule has 1 saturated carbocycles. The van der Waals surface area contributed by atoms with Crippen LogP contribution in [-0.2, 0) is 14.6 Å². The number of hydrogen-bond donors (Lipinski definition) is 2. The Morgan fingerprint density at radius 3 is 2.29 bits per heavy atom. The second-order valence-corrected chi connectivity index (χ2v) is 7.43. The van der Waals surface area contributed by atoms with Crippen LogP contribution in [0.2, 0.25) is 0 Å². The number of rotatable bonds is 4. The normalized spacial score (nSPS) is 22.8. The molecule has 1 aromatic carbocycles. The first-order valence-corrected chi connectivity index (χ1v) is 8.38. The van der Waals surface area contributed by atoms with Crippen LogP contribution in [-0.4, -0.2) is 37.3 Å². The molecule has 21 heavy (non-hydrogen) atoms. The number of carbonyl (C=O) groups is 1. The van der Waals surface area contributed by atoms with Crippen molar-refractivity contribution in [3.05, 3.63) is 30.1 Å². The van der Waals surface area contributed by atoms with Gasteiger partial charge in [0.25, 0.3) is 0 Å². The molecule has 1 fully saturated rings. The molecule has 1 aliphatic carbocycles. The highest BCUT2D eigenvalue weighted by Gasteiger charge is 2.32. The number of sulfone groups is 1. The summed E-state index contributed by atoms with van der Waals surface area (Å²) in [6.07, 6.45) is 1.99. The van der Waals surface area contributed by atoms with Gasteiger partial charge in [0.2, 0.25) is 5.91 Å². The highest BCUT2D eigenvalue weighted by atomic mass is 32.2. The zero-order chi connectivity index (χ0) is 15.5. The summed E-state index contributed by atoms with van der Waals surface area (Å²) in [5.74, 6) is -0.913. The van der Waals surface area contributed by atoms with Gasteiger partial charge in [-0.1, -0.05) is 0 Å². The lowest BCUT2D eigenvalue weighted by atomic mass is 9.95. The number of nitrogens with one attached hydrogen (secondary N) is 1.